The number of carbonyl (C=O) groups excluding carboxylic acids is 2. The van der Waals surface area contributed by atoms with E-state index in [4.69, 9.17) is 0 Å². The Hall–Kier alpha value is -1.88. The molecule has 3 rings (SSSR count). The SMILES string of the molecule is CC(=O)c1cc(O)ccc1NC(=O)C1CCN(C2CC2)CC1. The Morgan fingerprint density at radius 2 is 1.86 bits per heavy atom. The van der Waals surface area contributed by atoms with Crippen LogP contribution in [0.3, 0.4) is 0 Å². The van der Waals surface area contributed by atoms with Crippen LogP contribution in [0.2, 0.25) is 0 Å². The highest BCUT2D eigenvalue weighted by atomic mass is 16.3. The minimum absolute atomic E-state index is 0.00334. The molecule has 1 saturated carbocycles. The van der Waals surface area contributed by atoms with Gasteiger partial charge < -0.3 is 15.3 Å². The van der Waals surface area contributed by atoms with Crippen molar-refractivity contribution in [3.8, 4) is 5.75 Å². The number of nitrogens with one attached hydrogen (secondary N) is 1. The molecule has 0 radical (unpaired) electrons. The number of anilines is 1. The zero-order valence-electron chi connectivity index (χ0n) is 12.8. The van der Waals surface area contributed by atoms with E-state index in [0.29, 0.717) is 11.3 Å². The number of ketones is 1. The molecule has 1 aliphatic carbocycles. The summed E-state index contributed by atoms with van der Waals surface area (Å²) in [5.74, 6) is -0.164. The number of amides is 1. The number of likely N-dealkylation sites (tertiary alicyclic amines) is 1. The fraction of sp³-hybridized carbons (Fsp3) is 0.529. The lowest BCUT2D eigenvalue weighted by Crippen LogP contribution is -2.39. The molecule has 2 N–H and O–H groups in total. The number of benzene rings is 1. The van der Waals surface area contributed by atoms with Gasteiger partial charge in [-0.1, -0.05) is 0 Å². The second kappa shape index (κ2) is 6.08. The number of carbonyl (C=O) groups is 2. The highest BCUT2D eigenvalue weighted by molar-refractivity contribution is 6.04. The lowest BCUT2D eigenvalue weighted by molar-refractivity contribution is -0.121. The van der Waals surface area contributed by atoms with Crippen molar-refractivity contribution in [2.45, 2.75) is 38.6 Å². The van der Waals surface area contributed by atoms with Crippen molar-refractivity contribution < 1.29 is 14.7 Å². The molecular formula is C17H22N2O3. The second-order valence-electron chi connectivity index (χ2n) is 6.32. The predicted molar refractivity (Wildman–Crippen MR) is 84.1 cm³/mol. The summed E-state index contributed by atoms with van der Waals surface area (Å²) in [4.78, 5) is 26.5. The van der Waals surface area contributed by atoms with E-state index in [9.17, 15) is 14.7 Å². The summed E-state index contributed by atoms with van der Waals surface area (Å²) in [5, 5.41) is 12.3. The van der Waals surface area contributed by atoms with E-state index in [1.807, 2.05) is 0 Å². The highest BCUT2D eigenvalue weighted by Crippen LogP contribution is 2.31. The van der Waals surface area contributed by atoms with Crippen molar-refractivity contribution >= 4 is 17.4 Å². The first kappa shape index (κ1) is 15.0. The average Bonchev–Trinajstić information content (AvgIpc) is 3.33. The van der Waals surface area contributed by atoms with Crippen LogP contribution in [0.15, 0.2) is 18.2 Å². The van der Waals surface area contributed by atoms with Crippen LogP contribution in [0.1, 0.15) is 43.0 Å². The number of phenols is 1. The molecule has 2 fully saturated rings. The zero-order chi connectivity index (χ0) is 15.7. The quantitative estimate of drug-likeness (QED) is 0.662. The summed E-state index contributed by atoms with van der Waals surface area (Å²) < 4.78 is 0. The van der Waals surface area contributed by atoms with Crippen molar-refractivity contribution in [2.24, 2.45) is 5.92 Å². The molecule has 5 heteroatoms. The molecule has 0 bridgehead atoms. The van der Waals surface area contributed by atoms with Gasteiger partial charge in [-0.2, -0.15) is 0 Å². The highest BCUT2D eigenvalue weighted by Gasteiger charge is 2.33. The third-order valence-electron chi connectivity index (χ3n) is 4.60. The van der Waals surface area contributed by atoms with E-state index in [-0.39, 0.29) is 23.4 Å². The maximum Gasteiger partial charge on any atom is 0.227 e. The van der Waals surface area contributed by atoms with Gasteiger partial charge in [0.15, 0.2) is 5.78 Å². The Labute approximate surface area is 130 Å². The van der Waals surface area contributed by atoms with Crippen molar-refractivity contribution in [1.29, 1.82) is 0 Å². The number of phenolic OH excluding ortho intramolecular Hbond substituents is 1. The van der Waals surface area contributed by atoms with Gasteiger partial charge in [-0.15, -0.1) is 0 Å². The van der Waals surface area contributed by atoms with Gasteiger partial charge in [0.2, 0.25) is 5.91 Å². The molecule has 1 heterocycles. The lowest BCUT2D eigenvalue weighted by atomic mass is 9.95. The third-order valence-corrected chi connectivity index (χ3v) is 4.60. The monoisotopic (exact) mass is 302 g/mol. The first-order valence-corrected chi connectivity index (χ1v) is 7.93. The van der Waals surface area contributed by atoms with Crippen molar-refractivity contribution in [2.75, 3.05) is 18.4 Å². The topological polar surface area (TPSA) is 69.6 Å². The van der Waals surface area contributed by atoms with Gasteiger partial charge in [-0.3, -0.25) is 9.59 Å². The maximum atomic E-state index is 12.4. The van der Waals surface area contributed by atoms with Crippen molar-refractivity contribution in [3.63, 3.8) is 0 Å². The Morgan fingerprint density at radius 3 is 2.45 bits per heavy atom. The second-order valence-corrected chi connectivity index (χ2v) is 6.32. The number of hydrogen-bond donors (Lipinski definition) is 2. The van der Waals surface area contributed by atoms with Gasteiger partial charge in [-0.25, -0.2) is 0 Å². The summed E-state index contributed by atoms with van der Waals surface area (Å²) >= 11 is 0. The van der Waals surface area contributed by atoms with Crippen LogP contribution in [-0.2, 0) is 4.79 Å². The predicted octanol–water partition coefficient (Wildman–Crippen LogP) is 2.41. The minimum Gasteiger partial charge on any atom is -0.508 e. The summed E-state index contributed by atoms with van der Waals surface area (Å²) in [5.41, 5.74) is 0.837. The Bertz CT molecular complexity index is 588. The molecule has 5 nitrogen and oxygen atoms in total. The van der Waals surface area contributed by atoms with E-state index in [2.05, 4.69) is 10.2 Å². The number of hydrogen-bond acceptors (Lipinski definition) is 4. The van der Waals surface area contributed by atoms with Crippen LogP contribution in [-0.4, -0.2) is 40.8 Å². The Morgan fingerprint density at radius 1 is 1.18 bits per heavy atom. The molecule has 1 amide bonds. The lowest BCUT2D eigenvalue weighted by Gasteiger charge is -2.31. The molecule has 2 aliphatic rings. The summed E-state index contributed by atoms with van der Waals surface area (Å²) in [7, 11) is 0. The summed E-state index contributed by atoms with van der Waals surface area (Å²) in [6.45, 7) is 3.40. The third kappa shape index (κ3) is 3.30. The average molecular weight is 302 g/mol. The molecule has 1 aromatic carbocycles. The van der Waals surface area contributed by atoms with Crippen LogP contribution in [0, 0.1) is 5.92 Å². The Balaban J connectivity index is 1.63. The number of aromatic hydroxyl groups is 1. The van der Waals surface area contributed by atoms with E-state index < -0.39 is 0 Å². The van der Waals surface area contributed by atoms with Gasteiger partial charge in [0.05, 0.1) is 5.69 Å². The molecule has 0 spiro atoms. The van der Waals surface area contributed by atoms with Crippen LogP contribution in [0.25, 0.3) is 0 Å². The number of Topliss-reactive ketones (excluding diaryl/α,β-unsaturated/α-hetero) is 1. The molecule has 1 aliphatic heterocycles. The summed E-state index contributed by atoms with van der Waals surface area (Å²) in [6.07, 6.45) is 4.34. The van der Waals surface area contributed by atoms with Gasteiger partial charge in [0.1, 0.15) is 5.75 Å². The number of nitrogens with zero attached hydrogens (tertiary/aromatic N) is 1. The van der Waals surface area contributed by atoms with E-state index in [0.717, 1.165) is 32.0 Å². The van der Waals surface area contributed by atoms with Gasteiger partial charge in [-0.05, 0) is 63.9 Å². The van der Waals surface area contributed by atoms with Crippen LogP contribution >= 0.6 is 0 Å². The molecule has 1 saturated heterocycles. The largest absolute Gasteiger partial charge is 0.508 e. The Kier molecular flexibility index (Phi) is 4.16. The maximum absolute atomic E-state index is 12.4. The molecule has 0 atom stereocenters. The first-order valence-electron chi connectivity index (χ1n) is 7.93. The van der Waals surface area contributed by atoms with Gasteiger partial charge >= 0.3 is 0 Å². The van der Waals surface area contributed by atoms with Crippen LogP contribution < -0.4 is 5.32 Å². The molecular weight excluding hydrogens is 280 g/mol. The number of piperidine rings is 1. The minimum atomic E-state index is -0.172. The van der Waals surface area contributed by atoms with E-state index in [1.54, 1.807) is 6.07 Å². The molecule has 1 aromatic rings. The van der Waals surface area contributed by atoms with Gasteiger partial charge in [0, 0.05) is 17.5 Å². The van der Waals surface area contributed by atoms with Crippen molar-refractivity contribution in [1.82, 2.24) is 4.90 Å². The molecule has 0 aromatic heterocycles. The van der Waals surface area contributed by atoms with Crippen LogP contribution in [0.4, 0.5) is 5.69 Å². The summed E-state index contributed by atoms with van der Waals surface area (Å²) in [6, 6.07) is 5.22. The standard InChI is InChI=1S/C17H22N2O3/c1-11(20)15-10-14(21)4-5-16(15)18-17(22)12-6-8-19(9-7-12)13-2-3-13/h4-5,10,12-13,21H,2-3,6-9H2,1H3,(H,18,22). The van der Waals surface area contributed by atoms with Crippen LogP contribution in [0.5, 0.6) is 5.75 Å². The normalized spacial score (nSPS) is 19.9. The fourth-order valence-electron chi connectivity index (χ4n) is 3.13. The van der Waals surface area contributed by atoms with Crippen molar-refractivity contribution in [3.05, 3.63) is 23.8 Å². The zero-order valence-corrected chi connectivity index (χ0v) is 12.8. The van der Waals surface area contributed by atoms with E-state index in [1.165, 1.54) is 31.9 Å². The smallest absolute Gasteiger partial charge is 0.227 e. The molecule has 22 heavy (non-hydrogen) atoms. The molecule has 0 unspecified atom stereocenters. The number of rotatable bonds is 4. The first-order chi connectivity index (χ1) is 10.5. The van der Waals surface area contributed by atoms with Gasteiger partial charge in [0.25, 0.3) is 0 Å². The fourth-order valence-corrected chi connectivity index (χ4v) is 3.13. The van der Waals surface area contributed by atoms with E-state index >= 15 is 0 Å². The molecule has 118 valence electrons.